The molecule has 1 aromatic carbocycles. The minimum Gasteiger partial charge on any atom is -0.490 e. The minimum absolute atomic E-state index is 0.175. The van der Waals surface area contributed by atoms with Crippen molar-refractivity contribution >= 4 is 0 Å². The van der Waals surface area contributed by atoms with Gasteiger partial charge >= 0.3 is 0 Å². The van der Waals surface area contributed by atoms with Gasteiger partial charge < -0.3 is 14.3 Å². The number of hydrogen-bond donors (Lipinski definition) is 1. The summed E-state index contributed by atoms with van der Waals surface area (Å²) in [6.07, 6.45) is 0.899. The molecule has 0 bridgehead atoms. The molecule has 2 rings (SSSR count). The summed E-state index contributed by atoms with van der Waals surface area (Å²) < 4.78 is 11.2. The smallest absolute Gasteiger partial charge is 0.166 e. The van der Waals surface area contributed by atoms with Gasteiger partial charge in [0, 0.05) is 12.0 Å². The predicted octanol–water partition coefficient (Wildman–Crippen LogP) is 2.06. The zero-order valence-electron chi connectivity index (χ0n) is 9.66. The van der Waals surface area contributed by atoms with Gasteiger partial charge in [-0.1, -0.05) is 12.1 Å². The number of rotatable bonds is 4. The van der Waals surface area contributed by atoms with E-state index in [9.17, 15) is 0 Å². The summed E-state index contributed by atoms with van der Waals surface area (Å²) in [5, 5.41) is 0. The molecule has 1 N–H and O–H groups in total. The third-order valence-corrected chi connectivity index (χ3v) is 2.60. The summed E-state index contributed by atoms with van der Waals surface area (Å²) in [7, 11) is 1.63. The summed E-state index contributed by atoms with van der Waals surface area (Å²) in [6, 6.07) is 6.11. The largest absolute Gasteiger partial charge is 0.490 e. The maximum Gasteiger partial charge on any atom is 0.166 e. The van der Waals surface area contributed by atoms with Crippen LogP contribution in [0.5, 0.6) is 11.5 Å². The molecule has 0 fully saturated rings. The Labute approximate surface area is 95.5 Å². The fraction of sp³-hybridized carbons (Fsp3) is 0.500. The van der Waals surface area contributed by atoms with Crippen molar-refractivity contribution in [2.24, 2.45) is 0 Å². The normalized spacial score (nSPS) is 18.8. The van der Waals surface area contributed by atoms with E-state index in [2.05, 4.69) is 5.48 Å². The molecule has 4 nitrogen and oxygen atoms in total. The van der Waals surface area contributed by atoms with Crippen LogP contribution in [0.3, 0.4) is 0 Å². The molecule has 0 aliphatic carbocycles. The van der Waals surface area contributed by atoms with E-state index in [1.807, 2.05) is 25.1 Å². The maximum absolute atomic E-state index is 5.66. The highest BCUT2D eigenvalue weighted by Gasteiger charge is 2.24. The van der Waals surface area contributed by atoms with Gasteiger partial charge in [0.2, 0.25) is 0 Å². The van der Waals surface area contributed by atoms with Crippen LogP contribution < -0.4 is 15.0 Å². The van der Waals surface area contributed by atoms with Crippen LogP contribution in [-0.4, -0.2) is 20.3 Å². The summed E-state index contributed by atoms with van der Waals surface area (Å²) in [5.74, 6) is 1.65. The number of fused-ring (bicyclic) bond motifs is 1. The molecule has 0 spiro atoms. The molecule has 1 atom stereocenters. The van der Waals surface area contributed by atoms with E-state index in [4.69, 9.17) is 14.3 Å². The molecule has 1 heterocycles. The van der Waals surface area contributed by atoms with Crippen molar-refractivity contribution in [3.8, 4) is 11.5 Å². The first-order valence-electron chi connectivity index (χ1n) is 5.53. The van der Waals surface area contributed by atoms with E-state index in [-0.39, 0.29) is 6.04 Å². The highest BCUT2D eigenvalue weighted by Crippen LogP contribution is 2.39. The fourth-order valence-electron chi connectivity index (χ4n) is 1.93. The summed E-state index contributed by atoms with van der Waals surface area (Å²) in [6.45, 7) is 3.29. The van der Waals surface area contributed by atoms with E-state index < -0.39 is 0 Å². The molecule has 0 saturated heterocycles. The third kappa shape index (κ3) is 2.13. The molecule has 0 aromatic heterocycles. The zero-order valence-corrected chi connectivity index (χ0v) is 9.66. The summed E-state index contributed by atoms with van der Waals surface area (Å²) in [4.78, 5) is 4.99. The molecule has 1 aliphatic heterocycles. The van der Waals surface area contributed by atoms with Gasteiger partial charge in [0.05, 0.1) is 26.4 Å². The van der Waals surface area contributed by atoms with E-state index in [1.54, 1.807) is 7.11 Å². The lowest BCUT2D eigenvalue weighted by Gasteiger charge is -2.27. The van der Waals surface area contributed by atoms with E-state index in [0.29, 0.717) is 13.2 Å². The monoisotopic (exact) mass is 223 g/mol. The van der Waals surface area contributed by atoms with Crippen LogP contribution in [0.15, 0.2) is 18.2 Å². The minimum atomic E-state index is 0.175. The first-order chi connectivity index (χ1) is 7.86. The molecular formula is C12H17NO3. The van der Waals surface area contributed by atoms with Crippen molar-refractivity contribution in [1.82, 2.24) is 5.48 Å². The van der Waals surface area contributed by atoms with Crippen LogP contribution >= 0.6 is 0 Å². The van der Waals surface area contributed by atoms with Gasteiger partial charge in [0.25, 0.3) is 0 Å². The molecule has 1 aliphatic rings. The van der Waals surface area contributed by atoms with Gasteiger partial charge in [-0.15, -0.1) is 0 Å². The SMILES string of the molecule is CCOc1cccc2c1OCCC2NOC. The van der Waals surface area contributed by atoms with Crippen LogP contribution in [0, 0.1) is 0 Å². The highest BCUT2D eigenvalue weighted by atomic mass is 16.6. The van der Waals surface area contributed by atoms with E-state index in [1.165, 1.54) is 0 Å². The Morgan fingerprint density at radius 1 is 1.50 bits per heavy atom. The van der Waals surface area contributed by atoms with Gasteiger partial charge in [-0.25, -0.2) is 0 Å². The third-order valence-electron chi connectivity index (χ3n) is 2.60. The molecule has 4 heteroatoms. The Balaban J connectivity index is 2.30. The van der Waals surface area contributed by atoms with Crippen LogP contribution in [0.4, 0.5) is 0 Å². The number of benzene rings is 1. The van der Waals surface area contributed by atoms with Gasteiger partial charge in [-0.2, -0.15) is 5.48 Å². The number of nitrogens with one attached hydrogen (secondary N) is 1. The zero-order chi connectivity index (χ0) is 11.4. The van der Waals surface area contributed by atoms with Crippen molar-refractivity contribution in [1.29, 1.82) is 0 Å². The second-order valence-electron chi connectivity index (χ2n) is 3.62. The first-order valence-corrected chi connectivity index (χ1v) is 5.53. The van der Waals surface area contributed by atoms with Crippen molar-refractivity contribution in [3.05, 3.63) is 23.8 Å². The Hall–Kier alpha value is -1.26. The molecule has 88 valence electrons. The van der Waals surface area contributed by atoms with Gasteiger partial charge in [0.1, 0.15) is 0 Å². The second-order valence-corrected chi connectivity index (χ2v) is 3.62. The van der Waals surface area contributed by atoms with Crippen LogP contribution in [0.25, 0.3) is 0 Å². The van der Waals surface area contributed by atoms with Gasteiger partial charge in [-0.3, -0.25) is 0 Å². The van der Waals surface area contributed by atoms with Crippen molar-refractivity contribution in [2.45, 2.75) is 19.4 Å². The lowest BCUT2D eigenvalue weighted by Crippen LogP contribution is -2.26. The molecule has 1 unspecified atom stereocenters. The summed E-state index contributed by atoms with van der Waals surface area (Å²) in [5.41, 5.74) is 4.07. The lowest BCUT2D eigenvalue weighted by atomic mass is 10.0. The quantitative estimate of drug-likeness (QED) is 0.793. The number of hydrogen-bond acceptors (Lipinski definition) is 4. The van der Waals surface area contributed by atoms with Gasteiger partial charge in [-0.05, 0) is 13.0 Å². The molecule has 16 heavy (non-hydrogen) atoms. The van der Waals surface area contributed by atoms with Crippen LogP contribution in [0.1, 0.15) is 24.9 Å². The van der Waals surface area contributed by atoms with E-state index >= 15 is 0 Å². The van der Waals surface area contributed by atoms with Gasteiger partial charge in [0.15, 0.2) is 11.5 Å². The molecule has 0 radical (unpaired) electrons. The van der Waals surface area contributed by atoms with E-state index in [0.717, 1.165) is 23.5 Å². The summed E-state index contributed by atoms with van der Waals surface area (Å²) >= 11 is 0. The first kappa shape index (κ1) is 11.2. The Morgan fingerprint density at radius 3 is 3.12 bits per heavy atom. The molecule has 0 amide bonds. The Bertz CT molecular complexity index is 354. The highest BCUT2D eigenvalue weighted by molar-refractivity contribution is 5.49. The lowest BCUT2D eigenvalue weighted by molar-refractivity contribution is 0.0457. The molecular weight excluding hydrogens is 206 g/mol. The molecule has 0 saturated carbocycles. The average Bonchev–Trinajstić information content (AvgIpc) is 2.31. The average molecular weight is 223 g/mol. The number of para-hydroxylation sites is 1. The Morgan fingerprint density at radius 2 is 2.38 bits per heavy atom. The van der Waals surface area contributed by atoms with Crippen LogP contribution in [0.2, 0.25) is 0 Å². The standard InChI is InChI=1S/C12H17NO3/c1-3-15-11-6-4-5-9-10(13-14-2)7-8-16-12(9)11/h4-6,10,13H,3,7-8H2,1-2H3. The van der Waals surface area contributed by atoms with Crippen molar-refractivity contribution < 1.29 is 14.3 Å². The topological polar surface area (TPSA) is 39.7 Å². The predicted molar refractivity (Wildman–Crippen MR) is 60.6 cm³/mol. The van der Waals surface area contributed by atoms with Crippen molar-refractivity contribution in [3.63, 3.8) is 0 Å². The number of hydroxylamine groups is 1. The number of ether oxygens (including phenoxy) is 2. The fourth-order valence-corrected chi connectivity index (χ4v) is 1.93. The van der Waals surface area contributed by atoms with Crippen LogP contribution in [-0.2, 0) is 4.84 Å². The second kappa shape index (κ2) is 5.18. The molecule has 1 aromatic rings. The maximum atomic E-state index is 5.66. The van der Waals surface area contributed by atoms with Crippen molar-refractivity contribution in [2.75, 3.05) is 20.3 Å². The Kier molecular flexibility index (Phi) is 3.64.